The first-order chi connectivity index (χ1) is 12.9. The van der Waals surface area contributed by atoms with Crippen LogP contribution in [0.2, 0.25) is 10.0 Å². The van der Waals surface area contributed by atoms with E-state index in [1.54, 1.807) is 12.1 Å². The zero-order valence-corrected chi connectivity index (χ0v) is 16.6. The van der Waals surface area contributed by atoms with Gasteiger partial charge in [0.2, 0.25) is 5.65 Å². The second kappa shape index (κ2) is 6.77. The number of aromatic amines is 1. The maximum Gasteiger partial charge on any atom is 0.202 e. The normalized spacial score (nSPS) is 16.7. The highest BCUT2D eigenvalue weighted by Crippen LogP contribution is 2.36. The van der Waals surface area contributed by atoms with Crippen molar-refractivity contribution in [3.05, 3.63) is 33.9 Å². The van der Waals surface area contributed by atoms with E-state index in [1.165, 1.54) is 0 Å². The zero-order valence-electron chi connectivity index (χ0n) is 15.1. The number of fused-ring (bicyclic) bond motifs is 1. The van der Waals surface area contributed by atoms with Crippen molar-refractivity contribution in [1.29, 1.82) is 0 Å². The fraction of sp³-hybridized carbons (Fsp3) is 0.368. The summed E-state index contributed by atoms with van der Waals surface area (Å²) in [5.74, 6) is 0.586. The summed E-state index contributed by atoms with van der Waals surface area (Å²) in [6, 6.07) is 5.34. The highest BCUT2D eigenvalue weighted by Gasteiger charge is 2.28. The van der Waals surface area contributed by atoms with E-state index >= 15 is 0 Å². The molecule has 1 saturated heterocycles. The van der Waals surface area contributed by atoms with Crippen molar-refractivity contribution in [3.8, 4) is 11.3 Å². The topological polar surface area (TPSA) is 74.8 Å². The van der Waals surface area contributed by atoms with Gasteiger partial charge < -0.3 is 4.90 Å². The number of piperidine rings is 1. The van der Waals surface area contributed by atoms with Gasteiger partial charge in [-0.25, -0.2) is 9.97 Å². The maximum absolute atomic E-state index is 11.7. The van der Waals surface area contributed by atoms with Gasteiger partial charge in [0.25, 0.3) is 0 Å². The number of nitrogens with one attached hydrogen (secondary N) is 1. The molecule has 0 spiro atoms. The second-order valence-electron chi connectivity index (χ2n) is 7.57. The molecule has 3 aromatic rings. The Labute approximate surface area is 166 Å². The SMILES string of the molecule is CC1(C)CCN(c2nc3n[nH]c(-c4cccc(Cl)c4Cl)c3nc2C=O)CC1. The number of carbonyl (C=O) groups excluding carboxylic acids is 1. The highest BCUT2D eigenvalue weighted by molar-refractivity contribution is 6.43. The van der Waals surface area contributed by atoms with Crippen LogP contribution in [0.1, 0.15) is 37.2 Å². The lowest BCUT2D eigenvalue weighted by Crippen LogP contribution is -2.38. The Morgan fingerprint density at radius 1 is 1.19 bits per heavy atom. The number of hydrogen-bond donors (Lipinski definition) is 1. The number of carbonyl (C=O) groups is 1. The summed E-state index contributed by atoms with van der Waals surface area (Å²) in [7, 11) is 0. The maximum atomic E-state index is 11.7. The number of halogens is 2. The van der Waals surface area contributed by atoms with E-state index in [1.807, 2.05) is 6.07 Å². The van der Waals surface area contributed by atoms with Crippen molar-refractivity contribution in [2.45, 2.75) is 26.7 Å². The molecule has 6 nitrogen and oxygen atoms in total. The molecule has 0 aliphatic carbocycles. The molecule has 1 aliphatic rings. The van der Waals surface area contributed by atoms with Crippen LogP contribution in [-0.2, 0) is 0 Å². The average Bonchev–Trinajstić information content (AvgIpc) is 3.05. The van der Waals surface area contributed by atoms with Crippen LogP contribution in [0.15, 0.2) is 18.2 Å². The third-order valence-electron chi connectivity index (χ3n) is 5.14. The number of nitrogens with zero attached hydrogens (tertiary/aromatic N) is 4. The van der Waals surface area contributed by atoms with Crippen LogP contribution in [0.25, 0.3) is 22.4 Å². The summed E-state index contributed by atoms with van der Waals surface area (Å²) >= 11 is 12.5. The molecule has 0 amide bonds. The third kappa shape index (κ3) is 3.28. The summed E-state index contributed by atoms with van der Waals surface area (Å²) in [5, 5.41) is 8.06. The number of anilines is 1. The molecule has 0 atom stereocenters. The molecule has 1 fully saturated rings. The average molecular weight is 404 g/mol. The Balaban J connectivity index is 1.80. The lowest BCUT2D eigenvalue weighted by molar-refractivity contribution is 0.111. The van der Waals surface area contributed by atoms with Crippen LogP contribution in [0.5, 0.6) is 0 Å². The molecular formula is C19H19Cl2N5O. The van der Waals surface area contributed by atoms with Crippen molar-refractivity contribution in [2.75, 3.05) is 18.0 Å². The van der Waals surface area contributed by atoms with E-state index in [4.69, 9.17) is 23.2 Å². The lowest BCUT2D eigenvalue weighted by atomic mass is 9.83. The summed E-state index contributed by atoms with van der Waals surface area (Å²) < 4.78 is 0. The van der Waals surface area contributed by atoms with Gasteiger partial charge in [0.05, 0.1) is 15.7 Å². The van der Waals surface area contributed by atoms with Gasteiger partial charge in [0, 0.05) is 18.7 Å². The first-order valence-electron chi connectivity index (χ1n) is 8.80. The van der Waals surface area contributed by atoms with Gasteiger partial charge in [0.1, 0.15) is 11.2 Å². The standard InChI is InChI=1S/C19H19Cl2N5O/c1-19(2)6-8-26(9-7-19)18-13(10-27)22-16-15(24-25-17(16)23-18)11-4-3-5-12(20)14(11)21/h3-5,10H,6-9H2,1-2H3,(H,23,24,25). The largest absolute Gasteiger partial charge is 0.355 e. The van der Waals surface area contributed by atoms with Gasteiger partial charge in [-0.2, -0.15) is 5.10 Å². The summed E-state index contributed by atoms with van der Waals surface area (Å²) in [5.41, 5.74) is 2.83. The minimum absolute atomic E-state index is 0.304. The monoisotopic (exact) mass is 403 g/mol. The number of hydrogen-bond acceptors (Lipinski definition) is 5. The first-order valence-corrected chi connectivity index (χ1v) is 9.56. The molecule has 2 aromatic heterocycles. The fourth-order valence-electron chi connectivity index (χ4n) is 3.36. The number of H-pyrrole nitrogens is 1. The summed E-state index contributed by atoms with van der Waals surface area (Å²) in [4.78, 5) is 23.0. The van der Waals surface area contributed by atoms with E-state index in [2.05, 4.69) is 38.9 Å². The summed E-state index contributed by atoms with van der Waals surface area (Å²) in [6.07, 6.45) is 2.82. The smallest absolute Gasteiger partial charge is 0.202 e. The lowest BCUT2D eigenvalue weighted by Gasteiger charge is -2.37. The minimum atomic E-state index is 0.304. The second-order valence-corrected chi connectivity index (χ2v) is 8.36. The Morgan fingerprint density at radius 2 is 1.93 bits per heavy atom. The molecule has 140 valence electrons. The van der Waals surface area contributed by atoms with Crippen LogP contribution >= 0.6 is 23.2 Å². The van der Waals surface area contributed by atoms with Crippen molar-refractivity contribution < 1.29 is 4.79 Å². The molecular weight excluding hydrogens is 385 g/mol. The number of rotatable bonds is 3. The molecule has 27 heavy (non-hydrogen) atoms. The molecule has 0 bridgehead atoms. The number of aromatic nitrogens is 4. The van der Waals surface area contributed by atoms with Crippen LogP contribution in [-0.4, -0.2) is 39.5 Å². The quantitative estimate of drug-likeness (QED) is 0.637. The minimum Gasteiger partial charge on any atom is -0.355 e. The molecule has 4 rings (SSSR count). The first kappa shape index (κ1) is 18.2. The van der Waals surface area contributed by atoms with E-state index in [-0.39, 0.29) is 0 Å². The zero-order chi connectivity index (χ0) is 19.2. The van der Waals surface area contributed by atoms with Gasteiger partial charge in [-0.1, -0.05) is 49.2 Å². The van der Waals surface area contributed by atoms with Gasteiger partial charge in [-0.05, 0) is 24.3 Å². The van der Waals surface area contributed by atoms with Gasteiger partial charge in [-0.3, -0.25) is 9.89 Å². The molecule has 1 N–H and O–H groups in total. The van der Waals surface area contributed by atoms with Crippen molar-refractivity contribution in [2.24, 2.45) is 5.41 Å². The van der Waals surface area contributed by atoms with E-state index in [0.717, 1.165) is 32.2 Å². The molecule has 3 heterocycles. The van der Waals surface area contributed by atoms with Crippen LogP contribution in [0.3, 0.4) is 0 Å². The fourth-order valence-corrected chi connectivity index (χ4v) is 3.75. The van der Waals surface area contributed by atoms with Crippen LogP contribution in [0.4, 0.5) is 5.82 Å². The summed E-state index contributed by atoms with van der Waals surface area (Å²) in [6.45, 7) is 6.19. The molecule has 1 aromatic carbocycles. The Kier molecular flexibility index (Phi) is 4.56. The van der Waals surface area contributed by atoms with Crippen molar-refractivity contribution >= 4 is 46.5 Å². The number of aldehydes is 1. The number of benzene rings is 1. The third-order valence-corrected chi connectivity index (χ3v) is 5.96. The van der Waals surface area contributed by atoms with Crippen LogP contribution in [0, 0.1) is 5.41 Å². The predicted octanol–water partition coefficient (Wildman–Crippen LogP) is 4.77. The van der Waals surface area contributed by atoms with E-state index in [9.17, 15) is 4.79 Å². The molecule has 0 unspecified atom stereocenters. The van der Waals surface area contributed by atoms with E-state index < -0.39 is 0 Å². The van der Waals surface area contributed by atoms with Crippen LogP contribution < -0.4 is 4.90 Å². The van der Waals surface area contributed by atoms with Gasteiger partial charge >= 0.3 is 0 Å². The Bertz CT molecular complexity index is 1020. The predicted molar refractivity (Wildman–Crippen MR) is 108 cm³/mol. The molecule has 8 heteroatoms. The molecule has 0 radical (unpaired) electrons. The molecule has 0 saturated carbocycles. The Morgan fingerprint density at radius 3 is 2.63 bits per heavy atom. The molecule has 1 aliphatic heterocycles. The van der Waals surface area contributed by atoms with Crippen molar-refractivity contribution in [1.82, 2.24) is 20.2 Å². The van der Waals surface area contributed by atoms with Crippen molar-refractivity contribution in [3.63, 3.8) is 0 Å². The highest BCUT2D eigenvalue weighted by atomic mass is 35.5. The van der Waals surface area contributed by atoms with E-state index in [0.29, 0.717) is 49.4 Å². The van der Waals surface area contributed by atoms with Gasteiger partial charge in [0.15, 0.2) is 12.1 Å². The Hall–Kier alpha value is -2.18. The van der Waals surface area contributed by atoms with Gasteiger partial charge in [-0.15, -0.1) is 0 Å².